The van der Waals surface area contributed by atoms with Crippen molar-refractivity contribution in [1.82, 2.24) is 20.4 Å². The van der Waals surface area contributed by atoms with Crippen molar-refractivity contribution in [3.05, 3.63) is 29.8 Å². The number of ether oxygens (including phenoxy) is 1. The summed E-state index contributed by atoms with van der Waals surface area (Å²) in [5.41, 5.74) is 1.20. The first-order valence-electron chi connectivity index (χ1n) is 10.7. The standard InChI is InChI=1S/C22H37N5O.HI/c1-23-22(25-19-11-12-27(17-19)20-8-4-5-9-20)24-16-18-7-6-10-21(15-18)28-14-13-26(2)3;/h6-7,10,15,19-20H,4-5,8-9,11-14,16-17H2,1-3H3,(H2,23,24,25);1H. The number of likely N-dealkylation sites (N-methyl/N-ethyl adjacent to an activating group) is 1. The number of halogens is 1. The van der Waals surface area contributed by atoms with E-state index < -0.39 is 0 Å². The molecule has 1 saturated heterocycles. The molecule has 6 nitrogen and oxygen atoms in total. The monoisotopic (exact) mass is 515 g/mol. The van der Waals surface area contributed by atoms with Gasteiger partial charge in [0.15, 0.2) is 5.96 Å². The molecule has 1 aliphatic carbocycles. The zero-order valence-electron chi connectivity index (χ0n) is 18.2. The average Bonchev–Trinajstić information content (AvgIpc) is 3.37. The van der Waals surface area contributed by atoms with Crippen molar-refractivity contribution in [2.75, 3.05) is 47.4 Å². The van der Waals surface area contributed by atoms with Crippen molar-refractivity contribution in [2.45, 2.75) is 50.7 Å². The van der Waals surface area contributed by atoms with Gasteiger partial charge in [0, 0.05) is 45.3 Å². The van der Waals surface area contributed by atoms with Crippen molar-refractivity contribution in [2.24, 2.45) is 4.99 Å². The molecule has 2 fully saturated rings. The molecule has 0 spiro atoms. The number of nitrogens with one attached hydrogen (secondary N) is 2. The van der Waals surface area contributed by atoms with Crippen LogP contribution in [0.25, 0.3) is 0 Å². The first-order valence-corrected chi connectivity index (χ1v) is 10.7. The fraction of sp³-hybridized carbons (Fsp3) is 0.682. The Morgan fingerprint density at radius 3 is 2.76 bits per heavy atom. The summed E-state index contributed by atoms with van der Waals surface area (Å²) in [6.45, 7) is 4.71. The van der Waals surface area contributed by atoms with Gasteiger partial charge in [-0.3, -0.25) is 9.89 Å². The normalized spacial score (nSPS) is 20.7. The molecule has 2 N–H and O–H groups in total. The van der Waals surface area contributed by atoms with Crippen LogP contribution in [0.4, 0.5) is 0 Å². The number of guanidine groups is 1. The van der Waals surface area contributed by atoms with Gasteiger partial charge in [-0.15, -0.1) is 24.0 Å². The summed E-state index contributed by atoms with van der Waals surface area (Å²) in [5.74, 6) is 1.81. The second-order valence-electron chi connectivity index (χ2n) is 8.29. The molecule has 1 aromatic carbocycles. The summed E-state index contributed by atoms with van der Waals surface area (Å²) in [5, 5.41) is 7.07. The molecule has 1 atom stereocenters. The molecule has 164 valence electrons. The van der Waals surface area contributed by atoms with E-state index in [1.54, 1.807) is 0 Å². The molecule has 1 heterocycles. The van der Waals surface area contributed by atoms with E-state index in [1.165, 1.54) is 44.2 Å². The van der Waals surface area contributed by atoms with Crippen molar-refractivity contribution in [1.29, 1.82) is 0 Å². The van der Waals surface area contributed by atoms with Crippen LogP contribution in [-0.4, -0.2) is 75.2 Å². The molecule has 0 aromatic heterocycles. The molecule has 7 heteroatoms. The third-order valence-corrected chi connectivity index (χ3v) is 5.79. The Kier molecular flexibility index (Phi) is 10.5. The lowest BCUT2D eigenvalue weighted by Crippen LogP contribution is -2.45. The highest BCUT2D eigenvalue weighted by Gasteiger charge is 2.30. The quantitative estimate of drug-likeness (QED) is 0.317. The van der Waals surface area contributed by atoms with Gasteiger partial charge >= 0.3 is 0 Å². The maximum atomic E-state index is 5.84. The SMILES string of the molecule is CN=C(NCc1cccc(OCCN(C)C)c1)NC1CCN(C2CCCC2)C1.I. The van der Waals surface area contributed by atoms with Gasteiger partial charge in [-0.2, -0.15) is 0 Å². The van der Waals surface area contributed by atoms with Gasteiger partial charge in [-0.05, 0) is 51.1 Å². The fourth-order valence-electron chi connectivity index (χ4n) is 4.17. The van der Waals surface area contributed by atoms with E-state index in [9.17, 15) is 0 Å². The minimum absolute atomic E-state index is 0. The van der Waals surface area contributed by atoms with Crippen LogP contribution in [0.5, 0.6) is 5.75 Å². The van der Waals surface area contributed by atoms with Gasteiger partial charge in [-0.1, -0.05) is 25.0 Å². The smallest absolute Gasteiger partial charge is 0.191 e. The van der Waals surface area contributed by atoms with Gasteiger partial charge in [0.25, 0.3) is 0 Å². The summed E-state index contributed by atoms with van der Waals surface area (Å²) >= 11 is 0. The zero-order valence-corrected chi connectivity index (χ0v) is 20.5. The number of rotatable bonds is 8. The van der Waals surface area contributed by atoms with E-state index in [1.807, 2.05) is 13.1 Å². The molecule has 0 amide bonds. The summed E-state index contributed by atoms with van der Waals surface area (Å²) < 4.78 is 5.84. The van der Waals surface area contributed by atoms with Crippen molar-refractivity contribution < 1.29 is 4.74 Å². The maximum absolute atomic E-state index is 5.84. The molecule has 0 bridgehead atoms. The van der Waals surface area contributed by atoms with E-state index in [0.717, 1.165) is 37.4 Å². The Bertz CT molecular complexity index is 633. The molecule has 1 aromatic rings. The minimum Gasteiger partial charge on any atom is -0.492 e. The third-order valence-electron chi connectivity index (χ3n) is 5.79. The number of hydrogen-bond acceptors (Lipinski definition) is 4. The lowest BCUT2D eigenvalue weighted by molar-refractivity contribution is 0.242. The van der Waals surface area contributed by atoms with E-state index in [-0.39, 0.29) is 24.0 Å². The van der Waals surface area contributed by atoms with Gasteiger partial charge in [-0.25, -0.2) is 0 Å². The molecular weight excluding hydrogens is 477 g/mol. The average molecular weight is 515 g/mol. The van der Waals surface area contributed by atoms with Crippen LogP contribution in [0.1, 0.15) is 37.7 Å². The molecule has 1 aliphatic heterocycles. The van der Waals surface area contributed by atoms with Crippen LogP contribution in [0.3, 0.4) is 0 Å². The Morgan fingerprint density at radius 2 is 2.03 bits per heavy atom. The Balaban J connectivity index is 0.00000300. The number of benzene rings is 1. The first kappa shape index (κ1) is 24.2. The Morgan fingerprint density at radius 1 is 1.24 bits per heavy atom. The van der Waals surface area contributed by atoms with Crippen LogP contribution < -0.4 is 15.4 Å². The highest BCUT2D eigenvalue weighted by atomic mass is 127. The second kappa shape index (κ2) is 12.6. The van der Waals surface area contributed by atoms with E-state index in [4.69, 9.17) is 4.74 Å². The predicted molar refractivity (Wildman–Crippen MR) is 131 cm³/mol. The van der Waals surface area contributed by atoms with Crippen LogP contribution >= 0.6 is 24.0 Å². The minimum atomic E-state index is 0. The summed E-state index contributed by atoms with van der Waals surface area (Å²) in [6.07, 6.45) is 6.77. The zero-order chi connectivity index (χ0) is 19.8. The van der Waals surface area contributed by atoms with E-state index >= 15 is 0 Å². The molecule has 29 heavy (non-hydrogen) atoms. The molecular formula is C22H38IN5O. The van der Waals surface area contributed by atoms with Gasteiger partial charge in [0.2, 0.25) is 0 Å². The highest BCUT2D eigenvalue weighted by molar-refractivity contribution is 14.0. The lowest BCUT2D eigenvalue weighted by atomic mass is 10.2. The maximum Gasteiger partial charge on any atom is 0.191 e. The van der Waals surface area contributed by atoms with Crippen LogP contribution in [0.15, 0.2) is 29.3 Å². The van der Waals surface area contributed by atoms with Crippen LogP contribution in [0, 0.1) is 0 Å². The molecule has 1 saturated carbocycles. The van der Waals surface area contributed by atoms with Crippen LogP contribution in [-0.2, 0) is 6.54 Å². The van der Waals surface area contributed by atoms with Gasteiger partial charge in [0.05, 0.1) is 0 Å². The van der Waals surface area contributed by atoms with Crippen LogP contribution in [0.2, 0.25) is 0 Å². The third kappa shape index (κ3) is 7.94. The summed E-state index contributed by atoms with van der Waals surface area (Å²) in [4.78, 5) is 9.22. The summed E-state index contributed by atoms with van der Waals surface area (Å²) in [6, 6.07) is 9.60. The first-order chi connectivity index (χ1) is 13.6. The highest BCUT2D eigenvalue weighted by Crippen LogP contribution is 2.26. The number of hydrogen-bond donors (Lipinski definition) is 2. The molecule has 2 aliphatic rings. The Hall–Kier alpha value is -1.06. The Labute approximate surface area is 193 Å². The number of likely N-dealkylation sites (tertiary alicyclic amines) is 1. The van der Waals surface area contributed by atoms with Gasteiger partial charge in [0.1, 0.15) is 12.4 Å². The topological polar surface area (TPSA) is 52.1 Å². The predicted octanol–water partition coefficient (Wildman–Crippen LogP) is 2.93. The van der Waals surface area contributed by atoms with Crippen molar-refractivity contribution in [3.8, 4) is 5.75 Å². The van der Waals surface area contributed by atoms with E-state index in [2.05, 4.69) is 57.7 Å². The lowest BCUT2D eigenvalue weighted by Gasteiger charge is -2.24. The molecule has 0 radical (unpaired) electrons. The van der Waals surface area contributed by atoms with Crippen molar-refractivity contribution >= 4 is 29.9 Å². The number of nitrogens with zero attached hydrogens (tertiary/aromatic N) is 3. The largest absolute Gasteiger partial charge is 0.492 e. The summed E-state index contributed by atoms with van der Waals surface area (Å²) in [7, 11) is 5.96. The molecule has 3 rings (SSSR count). The van der Waals surface area contributed by atoms with Gasteiger partial charge < -0.3 is 20.3 Å². The fourth-order valence-corrected chi connectivity index (χ4v) is 4.17. The van der Waals surface area contributed by atoms with E-state index in [0.29, 0.717) is 12.6 Å². The second-order valence-corrected chi connectivity index (χ2v) is 8.29. The number of aliphatic imine (C=N–C) groups is 1. The van der Waals surface area contributed by atoms with Crippen molar-refractivity contribution in [3.63, 3.8) is 0 Å². The molecule has 1 unspecified atom stereocenters.